The highest BCUT2D eigenvalue weighted by Crippen LogP contribution is 2.27. The highest BCUT2D eigenvalue weighted by atomic mass is 19.1. The van der Waals surface area contributed by atoms with Crippen molar-refractivity contribution in [2.45, 2.75) is 31.8 Å². The minimum atomic E-state index is -0.723. The molecule has 0 aliphatic heterocycles. The predicted molar refractivity (Wildman–Crippen MR) is 63.6 cm³/mol. The average Bonchev–Trinajstić information content (AvgIpc) is 3.08. The number of aromatic hydroxyl groups is 1. The number of hydrogen-bond donors (Lipinski definition) is 2. The standard InChI is InChI=1S/C13H16FNO3/c1-2-18-13(17)12(15-10-3-4-10)8-5-9(14)7-11(16)6-8/h5-7,10,12,15-16H,2-4H2,1H3. The van der Waals surface area contributed by atoms with Crippen LogP contribution in [0.15, 0.2) is 18.2 Å². The van der Waals surface area contributed by atoms with E-state index in [1.807, 2.05) is 0 Å². The van der Waals surface area contributed by atoms with Crippen LogP contribution in [0.1, 0.15) is 31.4 Å². The zero-order chi connectivity index (χ0) is 13.1. The zero-order valence-electron chi connectivity index (χ0n) is 10.1. The van der Waals surface area contributed by atoms with Gasteiger partial charge in [-0.1, -0.05) is 0 Å². The molecule has 0 spiro atoms. The van der Waals surface area contributed by atoms with Crippen molar-refractivity contribution in [2.75, 3.05) is 6.61 Å². The average molecular weight is 253 g/mol. The van der Waals surface area contributed by atoms with Crippen LogP contribution >= 0.6 is 0 Å². The maximum atomic E-state index is 13.3. The molecule has 1 unspecified atom stereocenters. The smallest absolute Gasteiger partial charge is 0.327 e. The van der Waals surface area contributed by atoms with Crippen LogP contribution in [0.25, 0.3) is 0 Å². The minimum absolute atomic E-state index is 0.197. The van der Waals surface area contributed by atoms with Gasteiger partial charge >= 0.3 is 5.97 Å². The summed E-state index contributed by atoms with van der Waals surface area (Å²) in [6.45, 7) is 1.98. The first-order valence-electron chi connectivity index (χ1n) is 6.02. The molecule has 4 nitrogen and oxygen atoms in total. The molecule has 0 bridgehead atoms. The van der Waals surface area contributed by atoms with E-state index in [-0.39, 0.29) is 18.4 Å². The van der Waals surface area contributed by atoms with Gasteiger partial charge in [0, 0.05) is 12.1 Å². The molecule has 1 atom stereocenters. The number of hydrogen-bond acceptors (Lipinski definition) is 4. The van der Waals surface area contributed by atoms with Gasteiger partial charge in [0.25, 0.3) is 0 Å². The molecule has 1 saturated carbocycles. The van der Waals surface area contributed by atoms with Gasteiger partial charge in [0.05, 0.1) is 6.61 Å². The molecule has 0 aromatic heterocycles. The number of carbonyl (C=O) groups excluding carboxylic acids is 1. The van der Waals surface area contributed by atoms with Crippen LogP contribution < -0.4 is 5.32 Å². The summed E-state index contributed by atoms with van der Waals surface area (Å²) in [6, 6.07) is 3.16. The first-order valence-corrected chi connectivity index (χ1v) is 6.02. The van der Waals surface area contributed by atoms with Crippen molar-refractivity contribution >= 4 is 5.97 Å². The third-order valence-corrected chi connectivity index (χ3v) is 2.74. The molecule has 98 valence electrons. The molecule has 2 N–H and O–H groups in total. The van der Waals surface area contributed by atoms with Crippen molar-refractivity contribution in [3.05, 3.63) is 29.6 Å². The van der Waals surface area contributed by atoms with Crippen LogP contribution in [-0.2, 0) is 9.53 Å². The number of ether oxygens (including phenoxy) is 1. The Labute approximate surface area is 105 Å². The summed E-state index contributed by atoms with van der Waals surface area (Å²) in [5.41, 5.74) is 0.387. The second-order valence-electron chi connectivity index (χ2n) is 4.37. The molecule has 0 heterocycles. The van der Waals surface area contributed by atoms with Crippen LogP contribution in [0.2, 0.25) is 0 Å². The number of halogens is 1. The second kappa shape index (κ2) is 5.35. The Morgan fingerprint density at radius 2 is 2.28 bits per heavy atom. The summed E-state index contributed by atoms with van der Waals surface area (Å²) in [7, 11) is 0. The van der Waals surface area contributed by atoms with Crippen LogP contribution in [-0.4, -0.2) is 23.7 Å². The third kappa shape index (κ3) is 3.20. The van der Waals surface area contributed by atoms with E-state index in [4.69, 9.17) is 4.74 Å². The van der Waals surface area contributed by atoms with Crippen molar-refractivity contribution in [3.8, 4) is 5.75 Å². The van der Waals surface area contributed by atoms with E-state index in [1.54, 1.807) is 6.92 Å². The molecule has 1 aliphatic carbocycles. The summed E-state index contributed by atoms with van der Waals surface area (Å²) in [4.78, 5) is 11.8. The summed E-state index contributed by atoms with van der Waals surface area (Å²) in [5, 5.41) is 12.5. The Hall–Kier alpha value is -1.62. The number of phenolic OH excluding ortho intramolecular Hbond substituents is 1. The highest BCUT2D eigenvalue weighted by Gasteiger charge is 2.30. The summed E-state index contributed by atoms with van der Waals surface area (Å²) in [6.07, 6.45) is 1.99. The summed E-state index contributed by atoms with van der Waals surface area (Å²) < 4.78 is 18.2. The quantitative estimate of drug-likeness (QED) is 0.787. The van der Waals surface area contributed by atoms with Crippen LogP contribution in [0, 0.1) is 5.82 Å². The third-order valence-electron chi connectivity index (χ3n) is 2.74. The molecule has 1 aromatic rings. The van der Waals surface area contributed by atoms with Crippen molar-refractivity contribution < 1.29 is 19.0 Å². The molecule has 1 aliphatic rings. The molecule has 18 heavy (non-hydrogen) atoms. The molecule has 1 fully saturated rings. The predicted octanol–water partition coefficient (Wildman–Crippen LogP) is 1.89. The normalized spacial score (nSPS) is 16.3. The summed E-state index contributed by atoms with van der Waals surface area (Å²) in [5.74, 6) is -1.22. The van der Waals surface area contributed by atoms with Gasteiger partial charge in [0.15, 0.2) is 0 Å². The van der Waals surface area contributed by atoms with E-state index < -0.39 is 17.8 Å². The molecular formula is C13H16FNO3. The van der Waals surface area contributed by atoms with Gasteiger partial charge in [-0.15, -0.1) is 0 Å². The van der Waals surface area contributed by atoms with E-state index in [0.717, 1.165) is 18.9 Å². The van der Waals surface area contributed by atoms with E-state index >= 15 is 0 Å². The maximum Gasteiger partial charge on any atom is 0.327 e. The topological polar surface area (TPSA) is 58.6 Å². The Bertz CT molecular complexity index is 426. The number of rotatable bonds is 5. The Morgan fingerprint density at radius 1 is 1.56 bits per heavy atom. The number of nitrogens with one attached hydrogen (secondary N) is 1. The van der Waals surface area contributed by atoms with Gasteiger partial charge in [-0.3, -0.25) is 5.32 Å². The van der Waals surface area contributed by atoms with Gasteiger partial charge in [-0.2, -0.15) is 0 Å². The van der Waals surface area contributed by atoms with E-state index in [1.165, 1.54) is 12.1 Å². The first-order chi connectivity index (χ1) is 8.60. The monoisotopic (exact) mass is 253 g/mol. The largest absolute Gasteiger partial charge is 0.508 e. The van der Waals surface area contributed by atoms with Crippen LogP contribution in [0.5, 0.6) is 5.75 Å². The fourth-order valence-electron chi connectivity index (χ4n) is 1.77. The van der Waals surface area contributed by atoms with Crippen LogP contribution in [0.3, 0.4) is 0 Å². The van der Waals surface area contributed by atoms with E-state index in [0.29, 0.717) is 5.56 Å². The second-order valence-corrected chi connectivity index (χ2v) is 4.37. The van der Waals surface area contributed by atoms with E-state index in [9.17, 15) is 14.3 Å². The van der Waals surface area contributed by atoms with E-state index in [2.05, 4.69) is 5.32 Å². The number of phenols is 1. The van der Waals surface area contributed by atoms with Gasteiger partial charge < -0.3 is 9.84 Å². The lowest BCUT2D eigenvalue weighted by molar-refractivity contribution is -0.145. The Kier molecular flexibility index (Phi) is 3.81. The molecular weight excluding hydrogens is 237 g/mol. The number of benzene rings is 1. The van der Waals surface area contributed by atoms with Crippen molar-refractivity contribution in [1.82, 2.24) is 5.32 Å². The van der Waals surface area contributed by atoms with Crippen molar-refractivity contribution in [3.63, 3.8) is 0 Å². The van der Waals surface area contributed by atoms with Gasteiger partial charge in [0.2, 0.25) is 0 Å². The molecule has 0 saturated heterocycles. The molecule has 1 aromatic carbocycles. The van der Waals surface area contributed by atoms with Gasteiger partial charge in [-0.25, -0.2) is 9.18 Å². The fourth-order valence-corrected chi connectivity index (χ4v) is 1.77. The Balaban J connectivity index is 2.22. The molecule has 2 rings (SSSR count). The fraction of sp³-hybridized carbons (Fsp3) is 0.462. The minimum Gasteiger partial charge on any atom is -0.508 e. The van der Waals surface area contributed by atoms with Crippen molar-refractivity contribution in [2.24, 2.45) is 0 Å². The van der Waals surface area contributed by atoms with Gasteiger partial charge in [-0.05, 0) is 37.5 Å². The highest BCUT2D eigenvalue weighted by molar-refractivity contribution is 5.78. The Morgan fingerprint density at radius 3 is 2.83 bits per heavy atom. The number of esters is 1. The zero-order valence-corrected chi connectivity index (χ0v) is 10.1. The lowest BCUT2D eigenvalue weighted by Crippen LogP contribution is -2.31. The maximum absolute atomic E-state index is 13.3. The van der Waals surface area contributed by atoms with Crippen LogP contribution in [0.4, 0.5) is 4.39 Å². The number of carbonyl (C=O) groups is 1. The van der Waals surface area contributed by atoms with Gasteiger partial charge in [0.1, 0.15) is 17.6 Å². The van der Waals surface area contributed by atoms with Crippen molar-refractivity contribution in [1.29, 1.82) is 0 Å². The molecule has 5 heteroatoms. The summed E-state index contributed by atoms with van der Waals surface area (Å²) >= 11 is 0. The lowest BCUT2D eigenvalue weighted by Gasteiger charge is -2.17. The molecule has 0 amide bonds. The SMILES string of the molecule is CCOC(=O)C(NC1CC1)c1cc(O)cc(F)c1. The first kappa shape index (κ1) is 12.8. The molecule has 0 radical (unpaired) electrons. The lowest BCUT2D eigenvalue weighted by atomic mass is 10.1.